The van der Waals surface area contributed by atoms with E-state index in [1.807, 2.05) is 36.5 Å². The van der Waals surface area contributed by atoms with Gasteiger partial charge in [0.1, 0.15) is 5.82 Å². The van der Waals surface area contributed by atoms with E-state index in [1.165, 1.54) is 12.1 Å². The molecule has 148 valence electrons. The smallest absolute Gasteiger partial charge is 0.159 e. The van der Waals surface area contributed by atoms with Crippen LogP contribution in [0.2, 0.25) is 0 Å². The molecule has 5 nitrogen and oxygen atoms in total. The van der Waals surface area contributed by atoms with Crippen molar-refractivity contribution in [2.45, 2.75) is 19.5 Å². The van der Waals surface area contributed by atoms with Crippen LogP contribution in [0.1, 0.15) is 17.0 Å². The summed E-state index contributed by atoms with van der Waals surface area (Å²) in [6, 6.07) is 16.3. The van der Waals surface area contributed by atoms with E-state index in [4.69, 9.17) is 9.97 Å². The van der Waals surface area contributed by atoms with Crippen molar-refractivity contribution in [2.24, 2.45) is 0 Å². The molecule has 30 heavy (non-hydrogen) atoms. The van der Waals surface area contributed by atoms with Crippen molar-refractivity contribution in [1.29, 1.82) is 0 Å². The standard InChI is InChI=1S/C24H20FN5/c25-20-6-4-17(5-7-20)22-3-1-2-21(28-22)16-30-13-10-23-19(15-30)14-27-24(29-23)18-8-11-26-12-9-18/h1-9,11-12,14H,10,13,15-16H2. The molecule has 0 N–H and O–H groups in total. The third-order valence-electron chi connectivity index (χ3n) is 5.28. The average molecular weight is 397 g/mol. The maximum atomic E-state index is 13.2. The molecule has 6 heteroatoms. The van der Waals surface area contributed by atoms with Crippen LogP contribution in [0.5, 0.6) is 0 Å². The number of aromatic nitrogens is 4. The first kappa shape index (κ1) is 18.5. The Balaban J connectivity index is 1.31. The fourth-order valence-electron chi connectivity index (χ4n) is 3.73. The predicted octanol–water partition coefficient (Wildman–Crippen LogP) is 4.30. The van der Waals surface area contributed by atoms with Crippen molar-refractivity contribution in [1.82, 2.24) is 24.8 Å². The zero-order valence-electron chi connectivity index (χ0n) is 16.4. The minimum Gasteiger partial charge on any atom is -0.293 e. The van der Waals surface area contributed by atoms with Crippen molar-refractivity contribution in [3.8, 4) is 22.6 Å². The van der Waals surface area contributed by atoms with Gasteiger partial charge >= 0.3 is 0 Å². The van der Waals surface area contributed by atoms with Crippen LogP contribution in [-0.2, 0) is 19.5 Å². The monoisotopic (exact) mass is 397 g/mol. The molecule has 1 aliphatic rings. The molecular weight excluding hydrogens is 377 g/mol. The first-order chi connectivity index (χ1) is 14.7. The third-order valence-corrected chi connectivity index (χ3v) is 5.28. The Labute approximate surface area is 174 Å². The van der Waals surface area contributed by atoms with Gasteiger partial charge in [0.15, 0.2) is 5.82 Å². The highest BCUT2D eigenvalue weighted by Gasteiger charge is 2.19. The molecule has 5 rings (SSSR count). The number of fused-ring (bicyclic) bond motifs is 1. The Kier molecular flexibility index (Phi) is 4.99. The summed E-state index contributed by atoms with van der Waals surface area (Å²) in [6.07, 6.45) is 6.33. The molecule has 1 aromatic carbocycles. The molecule has 4 aromatic rings. The van der Waals surface area contributed by atoms with E-state index in [2.05, 4.69) is 14.9 Å². The van der Waals surface area contributed by atoms with Crippen LogP contribution in [0.3, 0.4) is 0 Å². The van der Waals surface area contributed by atoms with Gasteiger partial charge in [-0.1, -0.05) is 6.07 Å². The lowest BCUT2D eigenvalue weighted by molar-refractivity contribution is 0.240. The van der Waals surface area contributed by atoms with Crippen LogP contribution in [0.25, 0.3) is 22.6 Å². The van der Waals surface area contributed by atoms with Crippen molar-refractivity contribution in [3.63, 3.8) is 0 Å². The predicted molar refractivity (Wildman–Crippen MR) is 113 cm³/mol. The second kappa shape index (κ2) is 8.08. The Morgan fingerprint density at radius 1 is 0.900 bits per heavy atom. The molecule has 1 aliphatic heterocycles. The molecule has 0 amide bonds. The van der Waals surface area contributed by atoms with Gasteiger partial charge in [0, 0.05) is 61.3 Å². The zero-order chi connectivity index (χ0) is 20.3. The van der Waals surface area contributed by atoms with Crippen molar-refractivity contribution >= 4 is 0 Å². The largest absolute Gasteiger partial charge is 0.293 e. The highest BCUT2D eigenvalue weighted by molar-refractivity contribution is 5.59. The van der Waals surface area contributed by atoms with E-state index in [0.29, 0.717) is 0 Å². The first-order valence-electron chi connectivity index (χ1n) is 9.94. The summed E-state index contributed by atoms with van der Waals surface area (Å²) < 4.78 is 13.2. The molecule has 0 aliphatic carbocycles. The number of halogens is 1. The summed E-state index contributed by atoms with van der Waals surface area (Å²) >= 11 is 0. The summed E-state index contributed by atoms with van der Waals surface area (Å²) in [5, 5.41) is 0. The van der Waals surface area contributed by atoms with Crippen LogP contribution >= 0.6 is 0 Å². The van der Waals surface area contributed by atoms with Crippen LogP contribution in [0.15, 0.2) is 73.2 Å². The normalized spacial score (nSPS) is 13.8. The van der Waals surface area contributed by atoms with Crippen LogP contribution in [0, 0.1) is 5.82 Å². The van der Waals surface area contributed by atoms with E-state index >= 15 is 0 Å². The Morgan fingerprint density at radius 3 is 2.57 bits per heavy atom. The SMILES string of the molecule is Fc1ccc(-c2cccc(CN3CCc4nc(-c5ccncc5)ncc4C3)n2)cc1. The molecule has 0 fully saturated rings. The Bertz CT molecular complexity index is 1160. The number of nitrogens with zero attached hydrogens (tertiary/aromatic N) is 5. The van der Waals surface area contributed by atoms with Gasteiger partial charge in [0.2, 0.25) is 0 Å². The third kappa shape index (κ3) is 3.95. The number of hydrogen-bond donors (Lipinski definition) is 0. The van der Waals surface area contributed by atoms with Crippen molar-refractivity contribution in [3.05, 3.63) is 96.0 Å². The number of hydrogen-bond acceptors (Lipinski definition) is 5. The lowest BCUT2D eigenvalue weighted by atomic mass is 10.1. The summed E-state index contributed by atoms with van der Waals surface area (Å²) in [7, 11) is 0. The highest BCUT2D eigenvalue weighted by atomic mass is 19.1. The Morgan fingerprint density at radius 2 is 1.73 bits per heavy atom. The fraction of sp³-hybridized carbons (Fsp3) is 0.167. The van der Waals surface area contributed by atoms with E-state index in [1.54, 1.807) is 24.5 Å². The van der Waals surface area contributed by atoms with Gasteiger partial charge in [0.05, 0.1) is 17.1 Å². The Hall–Kier alpha value is -3.51. The van der Waals surface area contributed by atoms with E-state index in [0.717, 1.165) is 65.7 Å². The second-order valence-electron chi connectivity index (χ2n) is 7.38. The van der Waals surface area contributed by atoms with Gasteiger partial charge in [0.25, 0.3) is 0 Å². The molecule has 0 atom stereocenters. The minimum absolute atomic E-state index is 0.240. The van der Waals surface area contributed by atoms with E-state index < -0.39 is 0 Å². The van der Waals surface area contributed by atoms with Crippen LogP contribution in [0.4, 0.5) is 4.39 Å². The zero-order valence-corrected chi connectivity index (χ0v) is 16.4. The molecule has 3 aromatic heterocycles. The maximum Gasteiger partial charge on any atom is 0.159 e. The van der Waals surface area contributed by atoms with Crippen molar-refractivity contribution < 1.29 is 4.39 Å². The van der Waals surface area contributed by atoms with Crippen molar-refractivity contribution in [2.75, 3.05) is 6.54 Å². The molecule has 0 bridgehead atoms. The number of rotatable bonds is 4. The van der Waals surface area contributed by atoms with E-state index in [9.17, 15) is 4.39 Å². The van der Waals surface area contributed by atoms with Gasteiger partial charge < -0.3 is 0 Å². The van der Waals surface area contributed by atoms with Gasteiger partial charge in [-0.25, -0.2) is 14.4 Å². The average Bonchev–Trinajstić information content (AvgIpc) is 2.80. The van der Waals surface area contributed by atoms with Gasteiger partial charge in [-0.2, -0.15) is 0 Å². The van der Waals surface area contributed by atoms with Crippen LogP contribution in [-0.4, -0.2) is 31.4 Å². The molecular formula is C24H20FN5. The van der Waals surface area contributed by atoms with Gasteiger partial charge in [-0.3, -0.25) is 14.9 Å². The first-order valence-corrected chi connectivity index (χ1v) is 9.94. The fourth-order valence-corrected chi connectivity index (χ4v) is 3.73. The quantitative estimate of drug-likeness (QED) is 0.514. The molecule has 4 heterocycles. The van der Waals surface area contributed by atoms with Gasteiger partial charge in [-0.15, -0.1) is 0 Å². The maximum absolute atomic E-state index is 13.2. The summed E-state index contributed by atoms with van der Waals surface area (Å²) in [4.78, 5) is 20.5. The number of pyridine rings is 2. The van der Waals surface area contributed by atoms with Gasteiger partial charge in [-0.05, 0) is 48.5 Å². The molecule has 0 radical (unpaired) electrons. The highest BCUT2D eigenvalue weighted by Crippen LogP contribution is 2.23. The summed E-state index contributed by atoms with van der Waals surface area (Å²) in [5.74, 6) is 0.509. The van der Waals surface area contributed by atoms with E-state index in [-0.39, 0.29) is 5.82 Å². The lowest BCUT2D eigenvalue weighted by Crippen LogP contribution is -2.31. The molecule has 0 spiro atoms. The number of benzene rings is 1. The van der Waals surface area contributed by atoms with Crippen LogP contribution < -0.4 is 0 Å². The lowest BCUT2D eigenvalue weighted by Gasteiger charge is -2.27. The topological polar surface area (TPSA) is 54.8 Å². The molecule has 0 unspecified atom stereocenters. The summed E-state index contributed by atoms with van der Waals surface area (Å²) in [5.41, 5.74) is 6.02. The minimum atomic E-state index is -0.240. The molecule has 0 saturated heterocycles. The molecule has 0 saturated carbocycles. The second-order valence-corrected chi connectivity index (χ2v) is 7.38. The summed E-state index contributed by atoms with van der Waals surface area (Å²) in [6.45, 7) is 2.47.